The Balaban J connectivity index is 1.85. The van der Waals surface area contributed by atoms with Crippen LogP contribution in [0, 0.1) is 3.57 Å². The minimum Gasteiger partial charge on any atom is -0.298 e. The molecule has 2 heteroatoms. The molecule has 0 unspecified atom stereocenters. The lowest BCUT2D eigenvalue weighted by Gasteiger charge is -2.20. The molecule has 2 rings (SSSR count). The lowest BCUT2D eigenvalue weighted by molar-refractivity contribution is 0.349. The number of nitrogens with zero attached hydrogens (tertiary/aromatic N) is 1. The third-order valence-electron chi connectivity index (χ3n) is 3.72. The van der Waals surface area contributed by atoms with Crippen LogP contribution in [0.4, 0.5) is 0 Å². The van der Waals surface area contributed by atoms with Crippen molar-refractivity contribution >= 4 is 22.6 Å². The van der Waals surface area contributed by atoms with Gasteiger partial charge in [-0.05, 0) is 73.0 Å². The summed E-state index contributed by atoms with van der Waals surface area (Å²) in [6.45, 7) is 2.18. The number of benzene rings is 1. The molecule has 0 aliphatic heterocycles. The van der Waals surface area contributed by atoms with E-state index in [9.17, 15) is 0 Å². The van der Waals surface area contributed by atoms with Gasteiger partial charge in [0.15, 0.2) is 0 Å². The van der Waals surface area contributed by atoms with Crippen molar-refractivity contribution in [3.05, 3.63) is 45.0 Å². The Morgan fingerprint density at radius 1 is 1.00 bits per heavy atom. The van der Waals surface area contributed by atoms with Crippen LogP contribution in [0.5, 0.6) is 0 Å². The van der Waals surface area contributed by atoms with Gasteiger partial charge in [0.1, 0.15) is 0 Å². The molecular weight excluding hydrogens is 345 g/mol. The first-order valence-corrected chi connectivity index (χ1v) is 8.43. The van der Waals surface area contributed by atoms with Crippen LogP contribution < -0.4 is 0 Å². The van der Waals surface area contributed by atoms with Gasteiger partial charge < -0.3 is 0 Å². The molecule has 19 heavy (non-hydrogen) atoms. The summed E-state index contributed by atoms with van der Waals surface area (Å²) >= 11 is 2.36. The lowest BCUT2D eigenvalue weighted by atomic mass is 9.99. The highest BCUT2D eigenvalue weighted by Gasteiger charge is 2.06. The molecule has 0 amide bonds. The van der Waals surface area contributed by atoms with Crippen LogP contribution in [0.2, 0.25) is 0 Å². The van der Waals surface area contributed by atoms with Crippen LogP contribution in [0.3, 0.4) is 0 Å². The Morgan fingerprint density at radius 3 is 2.53 bits per heavy atom. The summed E-state index contributed by atoms with van der Waals surface area (Å²) < 4.78 is 1.31. The van der Waals surface area contributed by atoms with Crippen molar-refractivity contribution in [1.82, 2.24) is 4.90 Å². The van der Waals surface area contributed by atoms with E-state index in [2.05, 4.69) is 64.9 Å². The third-order valence-corrected chi connectivity index (χ3v) is 4.44. The first-order chi connectivity index (χ1) is 9.24. The summed E-state index contributed by atoms with van der Waals surface area (Å²) in [5, 5.41) is 0. The van der Waals surface area contributed by atoms with Gasteiger partial charge in [-0.2, -0.15) is 0 Å². The molecule has 0 saturated carbocycles. The molecule has 1 aromatic rings. The molecular formula is C17H24IN. The van der Waals surface area contributed by atoms with Crippen molar-refractivity contribution in [3.8, 4) is 0 Å². The van der Waals surface area contributed by atoms with Crippen molar-refractivity contribution in [2.75, 3.05) is 13.6 Å². The van der Waals surface area contributed by atoms with Crippen LogP contribution in [0.25, 0.3) is 0 Å². The monoisotopic (exact) mass is 369 g/mol. The van der Waals surface area contributed by atoms with E-state index in [-0.39, 0.29) is 0 Å². The number of hydrogen-bond acceptors (Lipinski definition) is 1. The fourth-order valence-electron chi connectivity index (χ4n) is 2.71. The van der Waals surface area contributed by atoms with Crippen molar-refractivity contribution in [1.29, 1.82) is 0 Å². The zero-order valence-electron chi connectivity index (χ0n) is 11.9. The number of hydrogen-bond donors (Lipinski definition) is 0. The average Bonchev–Trinajstić information content (AvgIpc) is 2.35. The molecule has 0 atom stereocenters. The van der Waals surface area contributed by atoms with E-state index in [1.54, 1.807) is 5.57 Å². The smallest absolute Gasteiger partial charge is 0.0234 e. The zero-order valence-corrected chi connectivity index (χ0v) is 14.0. The molecule has 0 spiro atoms. The quantitative estimate of drug-likeness (QED) is 0.533. The molecule has 0 N–H and O–H groups in total. The Morgan fingerprint density at radius 2 is 1.74 bits per heavy atom. The summed E-state index contributed by atoms with van der Waals surface area (Å²) in [5.74, 6) is 0. The van der Waals surface area contributed by atoms with Gasteiger partial charge in [0, 0.05) is 16.7 Å². The molecule has 1 aliphatic rings. The highest BCUT2D eigenvalue weighted by atomic mass is 127. The minimum absolute atomic E-state index is 1.05. The molecule has 104 valence electrons. The summed E-state index contributed by atoms with van der Waals surface area (Å²) in [6.07, 6.45) is 10.7. The van der Waals surface area contributed by atoms with Gasteiger partial charge >= 0.3 is 0 Å². The van der Waals surface area contributed by atoms with Crippen LogP contribution in [0.15, 0.2) is 35.9 Å². The van der Waals surface area contributed by atoms with Gasteiger partial charge in [-0.25, -0.2) is 0 Å². The van der Waals surface area contributed by atoms with Gasteiger partial charge in [-0.1, -0.05) is 36.6 Å². The van der Waals surface area contributed by atoms with E-state index in [1.165, 1.54) is 47.7 Å². The second-order valence-corrected chi connectivity index (χ2v) is 6.86. The zero-order chi connectivity index (χ0) is 13.5. The van der Waals surface area contributed by atoms with E-state index < -0.39 is 0 Å². The number of rotatable bonds is 4. The van der Waals surface area contributed by atoms with Crippen molar-refractivity contribution in [2.45, 2.75) is 45.1 Å². The van der Waals surface area contributed by atoms with Gasteiger partial charge in [0.25, 0.3) is 0 Å². The highest BCUT2D eigenvalue weighted by Crippen LogP contribution is 2.18. The molecule has 0 saturated heterocycles. The second-order valence-electron chi connectivity index (χ2n) is 5.61. The standard InChI is InChI=1S/C17H24IN/c1-19(14-16-9-11-17(18)12-10-16)13-15-7-5-3-2-4-6-8-15/h7,9-12H,2-6,8,13-14H2,1H3/b15-7+. The Labute approximate surface area is 131 Å². The maximum absolute atomic E-state index is 2.49. The Bertz CT molecular complexity index is 408. The van der Waals surface area contributed by atoms with E-state index in [4.69, 9.17) is 0 Å². The van der Waals surface area contributed by atoms with E-state index in [0.717, 1.165) is 13.1 Å². The largest absolute Gasteiger partial charge is 0.298 e. The second kappa shape index (κ2) is 8.05. The van der Waals surface area contributed by atoms with Crippen molar-refractivity contribution in [3.63, 3.8) is 0 Å². The maximum atomic E-state index is 2.49. The predicted molar refractivity (Wildman–Crippen MR) is 91.3 cm³/mol. The summed E-state index contributed by atoms with van der Waals surface area (Å²) in [5.41, 5.74) is 3.06. The lowest BCUT2D eigenvalue weighted by Crippen LogP contribution is -2.21. The third kappa shape index (κ3) is 5.65. The first kappa shape index (κ1) is 15.0. The van der Waals surface area contributed by atoms with E-state index >= 15 is 0 Å². The van der Waals surface area contributed by atoms with Gasteiger partial charge in [0.2, 0.25) is 0 Å². The summed E-state index contributed by atoms with van der Waals surface area (Å²) in [4.78, 5) is 2.44. The van der Waals surface area contributed by atoms with Crippen LogP contribution in [0.1, 0.15) is 44.1 Å². The van der Waals surface area contributed by atoms with Gasteiger partial charge in [-0.15, -0.1) is 0 Å². The molecule has 0 bridgehead atoms. The number of halogens is 1. The molecule has 1 nitrogen and oxygen atoms in total. The number of likely N-dealkylation sites (N-methyl/N-ethyl adjacent to an activating group) is 1. The topological polar surface area (TPSA) is 3.24 Å². The van der Waals surface area contributed by atoms with Crippen molar-refractivity contribution < 1.29 is 0 Å². The number of allylic oxidation sites excluding steroid dienone is 1. The predicted octanol–water partition coefficient (Wildman–Crippen LogP) is 5.00. The molecule has 0 aromatic heterocycles. The normalized spacial score (nSPS) is 19.6. The summed E-state index contributed by atoms with van der Waals surface area (Å²) in [7, 11) is 2.23. The molecule has 1 aliphatic carbocycles. The average molecular weight is 369 g/mol. The molecule has 1 aromatic carbocycles. The van der Waals surface area contributed by atoms with E-state index in [1.807, 2.05) is 0 Å². The fourth-order valence-corrected chi connectivity index (χ4v) is 3.07. The van der Waals surface area contributed by atoms with Gasteiger partial charge in [0.05, 0.1) is 0 Å². The Kier molecular flexibility index (Phi) is 6.38. The van der Waals surface area contributed by atoms with Crippen molar-refractivity contribution in [2.24, 2.45) is 0 Å². The van der Waals surface area contributed by atoms with Crippen LogP contribution in [-0.4, -0.2) is 18.5 Å². The van der Waals surface area contributed by atoms with Crippen LogP contribution in [-0.2, 0) is 6.54 Å². The van der Waals surface area contributed by atoms with Crippen LogP contribution >= 0.6 is 22.6 Å². The molecule has 0 radical (unpaired) electrons. The van der Waals surface area contributed by atoms with E-state index in [0.29, 0.717) is 0 Å². The highest BCUT2D eigenvalue weighted by molar-refractivity contribution is 14.1. The SMILES string of the molecule is CN(C/C1=C/CCCCCC1)Cc1ccc(I)cc1. The molecule has 0 fully saturated rings. The molecule has 0 heterocycles. The summed E-state index contributed by atoms with van der Waals surface area (Å²) in [6, 6.07) is 8.87. The fraction of sp³-hybridized carbons (Fsp3) is 0.529. The minimum atomic E-state index is 1.05. The van der Waals surface area contributed by atoms with Gasteiger partial charge in [-0.3, -0.25) is 4.90 Å². The maximum Gasteiger partial charge on any atom is 0.0234 e. The first-order valence-electron chi connectivity index (χ1n) is 7.35. The Hall–Kier alpha value is -0.350.